The number of hydrogen-bond donors (Lipinski definition) is 2. The van der Waals surface area contributed by atoms with Crippen LogP contribution in [0.2, 0.25) is 0 Å². The van der Waals surface area contributed by atoms with E-state index in [0.717, 1.165) is 29.7 Å². The SMILES string of the molecule is OC[C@H]1CCN(c2ncnc3ccccc23)C[C@@H]1O. The van der Waals surface area contributed by atoms with Crippen molar-refractivity contribution in [2.45, 2.75) is 12.5 Å². The van der Waals surface area contributed by atoms with E-state index in [0.29, 0.717) is 6.54 Å². The molecule has 0 unspecified atom stereocenters. The van der Waals surface area contributed by atoms with Crippen LogP contribution < -0.4 is 4.90 Å². The molecule has 1 saturated heterocycles. The van der Waals surface area contributed by atoms with Crippen LogP contribution in [0.15, 0.2) is 30.6 Å². The highest BCUT2D eigenvalue weighted by Gasteiger charge is 2.28. The van der Waals surface area contributed by atoms with Gasteiger partial charge in [0.25, 0.3) is 0 Å². The molecule has 1 aliphatic heterocycles. The molecule has 0 amide bonds. The van der Waals surface area contributed by atoms with E-state index in [1.165, 1.54) is 0 Å². The molecule has 2 atom stereocenters. The third-order valence-corrected chi connectivity index (χ3v) is 3.78. The Morgan fingerprint density at radius 2 is 2.11 bits per heavy atom. The average molecular weight is 259 g/mol. The van der Waals surface area contributed by atoms with E-state index in [4.69, 9.17) is 0 Å². The first kappa shape index (κ1) is 12.3. The van der Waals surface area contributed by atoms with Gasteiger partial charge in [0.05, 0.1) is 11.6 Å². The summed E-state index contributed by atoms with van der Waals surface area (Å²) in [5, 5.41) is 20.2. The molecular formula is C14H17N3O2. The molecule has 0 spiro atoms. The number of piperidine rings is 1. The molecule has 5 nitrogen and oxygen atoms in total. The molecule has 1 aromatic heterocycles. The van der Waals surface area contributed by atoms with E-state index < -0.39 is 6.10 Å². The number of para-hydroxylation sites is 1. The number of aromatic nitrogens is 2. The van der Waals surface area contributed by atoms with E-state index in [9.17, 15) is 10.2 Å². The molecule has 1 aliphatic rings. The van der Waals surface area contributed by atoms with E-state index in [1.807, 2.05) is 24.3 Å². The number of β-amino-alcohol motifs (C(OH)–C–C–N with tert-alkyl or cyclic N) is 1. The molecule has 0 radical (unpaired) electrons. The van der Waals surface area contributed by atoms with Crippen molar-refractivity contribution in [1.82, 2.24) is 9.97 Å². The third-order valence-electron chi connectivity index (χ3n) is 3.78. The Balaban J connectivity index is 1.93. The van der Waals surface area contributed by atoms with Gasteiger partial charge in [-0.05, 0) is 18.6 Å². The molecule has 5 heteroatoms. The fraction of sp³-hybridized carbons (Fsp3) is 0.429. The highest BCUT2D eigenvalue weighted by atomic mass is 16.3. The quantitative estimate of drug-likeness (QED) is 0.835. The summed E-state index contributed by atoms with van der Waals surface area (Å²) in [6, 6.07) is 7.87. The first-order valence-corrected chi connectivity index (χ1v) is 6.53. The number of fused-ring (bicyclic) bond motifs is 1. The van der Waals surface area contributed by atoms with Crippen molar-refractivity contribution in [1.29, 1.82) is 0 Å². The number of benzene rings is 1. The zero-order valence-electron chi connectivity index (χ0n) is 10.6. The molecule has 0 saturated carbocycles. The summed E-state index contributed by atoms with van der Waals surface area (Å²) in [4.78, 5) is 10.7. The van der Waals surface area contributed by atoms with Crippen molar-refractivity contribution in [3.63, 3.8) is 0 Å². The summed E-state index contributed by atoms with van der Waals surface area (Å²) < 4.78 is 0. The summed E-state index contributed by atoms with van der Waals surface area (Å²) in [5.41, 5.74) is 0.909. The van der Waals surface area contributed by atoms with Crippen LogP contribution in [0.1, 0.15) is 6.42 Å². The molecular weight excluding hydrogens is 242 g/mol. The van der Waals surface area contributed by atoms with Gasteiger partial charge < -0.3 is 15.1 Å². The van der Waals surface area contributed by atoms with Gasteiger partial charge in [-0.1, -0.05) is 12.1 Å². The Morgan fingerprint density at radius 1 is 1.26 bits per heavy atom. The van der Waals surface area contributed by atoms with Gasteiger partial charge in [-0.2, -0.15) is 0 Å². The number of nitrogens with zero attached hydrogens (tertiary/aromatic N) is 3. The maximum atomic E-state index is 10.0. The largest absolute Gasteiger partial charge is 0.396 e. The zero-order valence-corrected chi connectivity index (χ0v) is 10.6. The second-order valence-corrected chi connectivity index (χ2v) is 4.96. The smallest absolute Gasteiger partial charge is 0.139 e. The Hall–Kier alpha value is -1.72. The van der Waals surface area contributed by atoms with Crippen molar-refractivity contribution in [2.24, 2.45) is 5.92 Å². The maximum absolute atomic E-state index is 10.0. The highest BCUT2D eigenvalue weighted by Crippen LogP contribution is 2.27. The molecule has 2 heterocycles. The summed E-state index contributed by atoms with van der Waals surface area (Å²) in [6.07, 6.45) is 1.82. The molecule has 19 heavy (non-hydrogen) atoms. The molecule has 1 fully saturated rings. The zero-order chi connectivity index (χ0) is 13.2. The Labute approximate surface area is 111 Å². The van der Waals surface area contributed by atoms with Crippen molar-refractivity contribution >= 4 is 16.7 Å². The normalized spacial score (nSPS) is 23.8. The first-order chi connectivity index (χ1) is 9.29. The van der Waals surface area contributed by atoms with Crippen LogP contribution in [0.5, 0.6) is 0 Å². The van der Waals surface area contributed by atoms with Gasteiger partial charge in [-0.15, -0.1) is 0 Å². The van der Waals surface area contributed by atoms with E-state index >= 15 is 0 Å². The molecule has 0 bridgehead atoms. The summed E-state index contributed by atoms with van der Waals surface area (Å²) in [5.74, 6) is 0.838. The van der Waals surface area contributed by atoms with E-state index in [2.05, 4.69) is 14.9 Å². The van der Waals surface area contributed by atoms with Crippen LogP contribution in [0.3, 0.4) is 0 Å². The molecule has 2 N–H and O–H groups in total. The predicted octanol–water partition coefficient (Wildman–Crippen LogP) is 0.809. The van der Waals surface area contributed by atoms with Gasteiger partial charge in [0.1, 0.15) is 12.1 Å². The molecule has 2 aromatic rings. The van der Waals surface area contributed by atoms with Crippen LogP contribution in [0.4, 0.5) is 5.82 Å². The van der Waals surface area contributed by atoms with Crippen molar-refractivity contribution < 1.29 is 10.2 Å². The summed E-state index contributed by atoms with van der Waals surface area (Å²) in [6.45, 7) is 1.34. The number of hydrogen-bond acceptors (Lipinski definition) is 5. The van der Waals surface area contributed by atoms with E-state index in [1.54, 1.807) is 6.33 Å². The lowest BCUT2D eigenvalue weighted by molar-refractivity contribution is 0.0547. The molecule has 1 aromatic carbocycles. The Kier molecular flexibility index (Phi) is 3.31. The maximum Gasteiger partial charge on any atom is 0.139 e. The lowest BCUT2D eigenvalue weighted by Crippen LogP contribution is -2.45. The minimum absolute atomic E-state index is 0.0237. The molecule has 0 aliphatic carbocycles. The number of rotatable bonds is 2. The van der Waals surface area contributed by atoms with Crippen LogP contribution in [-0.2, 0) is 0 Å². The lowest BCUT2D eigenvalue weighted by atomic mass is 9.94. The minimum atomic E-state index is -0.507. The van der Waals surface area contributed by atoms with Gasteiger partial charge in [-0.25, -0.2) is 9.97 Å². The lowest BCUT2D eigenvalue weighted by Gasteiger charge is -2.36. The second-order valence-electron chi connectivity index (χ2n) is 4.96. The van der Waals surface area contributed by atoms with Gasteiger partial charge >= 0.3 is 0 Å². The molecule has 3 rings (SSSR count). The second kappa shape index (κ2) is 5.11. The van der Waals surface area contributed by atoms with Crippen molar-refractivity contribution in [3.8, 4) is 0 Å². The van der Waals surface area contributed by atoms with Crippen LogP contribution in [0.25, 0.3) is 10.9 Å². The number of aliphatic hydroxyl groups excluding tert-OH is 2. The third kappa shape index (κ3) is 2.27. The van der Waals surface area contributed by atoms with Gasteiger partial charge in [0, 0.05) is 31.0 Å². The minimum Gasteiger partial charge on any atom is -0.396 e. The standard InChI is InChI=1S/C14H17N3O2/c18-8-10-5-6-17(7-13(10)19)14-11-3-1-2-4-12(11)15-9-16-14/h1-4,9-10,13,18-19H,5-8H2/t10-,13+/m1/s1. The summed E-state index contributed by atoms with van der Waals surface area (Å²) >= 11 is 0. The van der Waals surface area contributed by atoms with Crippen molar-refractivity contribution in [2.75, 3.05) is 24.6 Å². The first-order valence-electron chi connectivity index (χ1n) is 6.53. The van der Waals surface area contributed by atoms with Crippen LogP contribution >= 0.6 is 0 Å². The Morgan fingerprint density at radius 3 is 2.89 bits per heavy atom. The van der Waals surface area contributed by atoms with Crippen LogP contribution in [0, 0.1) is 5.92 Å². The topological polar surface area (TPSA) is 69.5 Å². The molecule has 100 valence electrons. The van der Waals surface area contributed by atoms with Gasteiger partial charge in [0.15, 0.2) is 0 Å². The van der Waals surface area contributed by atoms with Gasteiger partial charge in [0.2, 0.25) is 0 Å². The number of anilines is 1. The highest BCUT2D eigenvalue weighted by molar-refractivity contribution is 5.89. The summed E-state index contributed by atoms with van der Waals surface area (Å²) in [7, 11) is 0. The average Bonchev–Trinajstić information content (AvgIpc) is 2.46. The van der Waals surface area contributed by atoms with Crippen molar-refractivity contribution in [3.05, 3.63) is 30.6 Å². The predicted molar refractivity (Wildman–Crippen MR) is 73.0 cm³/mol. The fourth-order valence-corrected chi connectivity index (χ4v) is 2.63. The Bertz CT molecular complexity index is 570. The van der Waals surface area contributed by atoms with Crippen LogP contribution in [-0.4, -0.2) is 46.0 Å². The van der Waals surface area contributed by atoms with Gasteiger partial charge in [-0.3, -0.25) is 0 Å². The number of aliphatic hydroxyl groups is 2. The monoisotopic (exact) mass is 259 g/mol. The van der Waals surface area contributed by atoms with E-state index in [-0.39, 0.29) is 12.5 Å². The fourth-order valence-electron chi connectivity index (χ4n) is 2.63.